The Balaban J connectivity index is 0.000000711. The summed E-state index contributed by atoms with van der Waals surface area (Å²) >= 11 is 0. The SMILES string of the molecule is CC1=CCOC(OC(C)(C)C(C)(C)O)C1.OB(O)O. The molecule has 1 aliphatic rings. The largest absolute Gasteiger partial charge is 0.631 e. The van der Waals surface area contributed by atoms with Crippen LogP contribution in [0.25, 0.3) is 0 Å². The smallest absolute Gasteiger partial charge is 0.402 e. The van der Waals surface area contributed by atoms with E-state index in [0.29, 0.717) is 6.61 Å². The zero-order valence-electron chi connectivity index (χ0n) is 12.3. The van der Waals surface area contributed by atoms with Crippen LogP contribution in [0.1, 0.15) is 41.0 Å². The van der Waals surface area contributed by atoms with Crippen LogP contribution in [-0.2, 0) is 9.47 Å². The maximum Gasteiger partial charge on any atom is 0.631 e. The van der Waals surface area contributed by atoms with Gasteiger partial charge in [-0.25, -0.2) is 0 Å². The summed E-state index contributed by atoms with van der Waals surface area (Å²) in [6.07, 6.45) is 2.59. The van der Waals surface area contributed by atoms with Gasteiger partial charge in [0.1, 0.15) is 0 Å². The number of rotatable bonds is 3. The van der Waals surface area contributed by atoms with Gasteiger partial charge >= 0.3 is 7.32 Å². The minimum atomic E-state index is -2.17. The van der Waals surface area contributed by atoms with Crippen molar-refractivity contribution in [2.75, 3.05) is 6.61 Å². The molecule has 1 unspecified atom stereocenters. The molecular weight excluding hydrogens is 251 g/mol. The summed E-state index contributed by atoms with van der Waals surface area (Å²) in [6, 6.07) is 0. The van der Waals surface area contributed by atoms with Crippen molar-refractivity contribution >= 4 is 7.32 Å². The highest BCUT2D eigenvalue weighted by Gasteiger charge is 2.38. The predicted molar refractivity (Wildman–Crippen MR) is 72.0 cm³/mol. The van der Waals surface area contributed by atoms with Crippen LogP contribution in [0.15, 0.2) is 11.6 Å². The predicted octanol–water partition coefficient (Wildman–Crippen LogP) is 0.193. The van der Waals surface area contributed by atoms with E-state index >= 15 is 0 Å². The lowest BCUT2D eigenvalue weighted by molar-refractivity contribution is -0.246. The third kappa shape index (κ3) is 7.66. The van der Waals surface area contributed by atoms with Gasteiger partial charge in [-0.3, -0.25) is 0 Å². The van der Waals surface area contributed by atoms with Crippen molar-refractivity contribution in [2.24, 2.45) is 0 Å². The first kappa shape index (κ1) is 18.6. The summed E-state index contributed by atoms with van der Waals surface area (Å²) in [4.78, 5) is 0. The van der Waals surface area contributed by atoms with E-state index in [-0.39, 0.29) is 6.29 Å². The molecule has 0 spiro atoms. The Bertz CT molecular complexity index is 292. The van der Waals surface area contributed by atoms with Crippen molar-refractivity contribution in [1.82, 2.24) is 0 Å². The Labute approximate surface area is 114 Å². The summed E-state index contributed by atoms with van der Waals surface area (Å²) in [5.74, 6) is 0. The first-order chi connectivity index (χ1) is 8.45. The molecule has 0 bridgehead atoms. The van der Waals surface area contributed by atoms with E-state index in [2.05, 4.69) is 13.0 Å². The molecule has 0 aromatic carbocycles. The molecule has 4 N–H and O–H groups in total. The normalized spacial score (nSPS) is 20.3. The van der Waals surface area contributed by atoms with Gasteiger partial charge in [-0.2, -0.15) is 0 Å². The average Bonchev–Trinajstić information content (AvgIpc) is 2.13. The molecule has 0 amide bonds. The van der Waals surface area contributed by atoms with Gasteiger partial charge in [0, 0.05) is 6.42 Å². The van der Waals surface area contributed by atoms with E-state index in [4.69, 9.17) is 24.5 Å². The van der Waals surface area contributed by atoms with Crippen molar-refractivity contribution in [3.63, 3.8) is 0 Å². The van der Waals surface area contributed by atoms with Crippen molar-refractivity contribution in [3.8, 4) is 0 Å². The first-order valence-corrected chi connectivity index (χ1v) is 6.17. The fraction of sp³-hybridized carbons (Fsp3) is 0.833. The maximum absolute atomic E-state index is 9.95. The highest BCUT2D eigenvalue weighted by Crippen LogP contribution is 2.29. The van der Waals surface area contributed by atoms with Crippen molar-refractivity contribution in [2.45, 2.75) is 58.5 Å². The van der Waals surface area contributed by atoms with Crippen LogP contribution in [0.5, 0.6) is 0 Å². The van der Waals surface area contributed by atoms with Gasteiger partial charge in [0.2, 0.25) is 0 Å². The number of ether oxygens (including phenoxy) is 2. The van der Waals surface area contributed by atoms with Gasteiger partial charge in [-0.1, -0.05) is 11.6 Å². The van der Waals surface area contributed by atoms with E-state index in [1.54, 1.807) is 13.8 Å². The molecule has 6 nitrogen and oxygen atoms in total. The van der Waals surface area contributed by atoms with E-state index in [0.717, 1.165) is 6.42 Å². The van der Waals surface area contributed by atoms with Crippen LogP contribution >= 0.6 is 0 Å². The monoisotopic (exact) mass is 276 g/mol. The number of hydrogen-bond donors (Lipinski definition) is 4. The molecular formula is C12H25BO6. The molecule has 0 aromatic rings. The maximum atomic E-state index is 9.95. The second kappa shape index (κ2) is 7.37. The van der Waals surface area contributed by atoms with E-state index in [9.17, 15) is 5.11 Å². The Morgan fingerprint density at radius 2 is 1.74 bits per heavy atom. The zero-order chi connectivity index (χ0) is 15.3. The number of aliphatic hydroxyl groups is 1. The molecule has 0 aliphatic carbocycles. The molecule has 19 heavy (non-hydrogen) atoms. The summed E-state index contributed by atoms with van der Waals surface area (Å²) < 4.78 is 11.3. The summed E-state index contributed by atoms with van der Waals surface area (Å²) in [5, 5.41) is 31.4. The minimum Gasteiger partial charge on any atom is -0.402 e. The quantitative estimate of drug-likeness (QED) is 0.434. The van der Waals surface area contributed by atoms with E-state index < -0.39 is 18.5 Å². The average molecular weight is 276 g/mol. The lowest BCUT2D eigenvalue weighted by Crippen LogP contribution is -2.50. The van der Waals surface area contributed by atoms with Crippen LogP contribution in [0.4, 0.5) is 0 Å². The van der Waals surface area contributed by atoms with Gasteiger partial charge in [-0.15, -0.1) is 0 Å². The minimum absolute atomic E-state index is 0.239. The molecule has 1 atom stereocenters. The fourth-order valence-electron chi connectivity index (χ4n) is 1.25. The van der Waals surface area contributed by atoms with Crippen LogP contribution in [0.2, 0.25) is 0 Å². The van der Waals surface area contributed by atoms with Crippen molar-refractivity contribution in [1.29, 1.82) is 0 Å². The van der Waals surface area contributed by atoms with E-state index in [1.807, 2.05) is 13.8 Å². The first-order valence-electron chi connectivity index (χ1n) is 6.17. The van der Waals surface area contributed by atoms with E-state index in [1.165, 1.54) is 5.57 Å². The molecule has 1 rings (SSSR count). The molecule has 1 aliphatic heterocycles. The van der Waals surface area contributed by atoms with Crippen LogP contribution in [0, 0.1) is 0 Å². The third-order valence-corrected chi connectivity index (χ3v) is 3.10. The van der Waals surface area contributed by atoms with Crippen molar-refractivity contribution in [3.05, 3.63) is 11.6 Å². The highest BCUT2D eigenvalue weighted by molar-refractivity contribution is 6.30. The summed E-state index contributed by atoms with van der Waals surface area (Å²) in [7, 11) is -2.17. The third-order valence-electron chi connectivity index (χ3n) is 3.10. The molecule has 0 fully saturated rings. The summed E-state index contributed by atoms with van der Waals surface area (Å²) in [6.45, 7) is 9.92. The fourth-order valence-corrected chi connectivity index (χ4v) is 1.25. The molecule has 0 saturated carbocycles. The Hall–Kier alpha value is -0.435. The Kier molecular flexibility index (Phi) is 7.21. The molecule has 0 aromatic heterocycles. The molecule has 112 valence electrons. The van der Waals surface area contributed by atoms with Crippen LogP contribution < -0.4 is 0 Å². The zero-order valence-corrected chi connectivity index (χ0v) is 12.3. The Morgan fingerprint density at radius 3 is 2.11 bits per heavy atom. The lowest BCUT2D eigenvalue weighted by Gasteiger charge is -2.40. The second-order valence-corrected chi connectivity index (χ2v) is 5.55. The highest BCUT2D eigenvalue weighted by atomic mass is 16.7. The topological polar surface area (TPSA) is 99.4 Å². The van der Waals surface area contributed by atoms with Gasteiger partial charge in [0.15, 0.2) is 6.29 Å². The van der Waals surface area contributed by atoms with Gasteiger partial charge in [-0.05, 0) is 34.6 Å². The Morgan fingerprint density at radius 1 is 1.26 bits per heavy atom. The lowest BCUT2D eigenvalue weighted by atomic mass is 9.89. The second-order valence-electron chi connectivity index (χ2n) is 5.55. The van der Waals surface area contributed by atoms with Crippen LogP contribution in [-0.4, -0.2) is 51.6 Å². The van der Waals surface area contributed by atoms with Gasteiger partial charge in [0.05, 0.1) is 17.8 Å². The standard InChI is InChI=1S/C12H22O3.BH3O3/c1-9-6-7-14-10(8-9)15-12(4,5)11(2,3)13;2-1(3)4/h6,10,13H,7-8H2,1-5H3;2-4H. The molecule has 7 heteroatoms. The molecule has 0 radical (unpaired) electrons. The van der Waals surface area contributed by atoms with Crippen molar-refractivity contribution < 1.29 is 29.7 Å². The van der Waals surface area contributed by atoms with Gasteiger partial charge < -0.3 is 29.7 Å². The molecule has 1 heterocycles. The van der Waals surface area contributed by atoms with Gasteiger partial charge in [0.25, 0.3) is 0 Å². The number of hydrogen-bond acceptors (Lipinski definition) is 6. The summed E-state index contributed by atoms with van der Waals surface area (Å²) in [5.41, 5.74) is -0.224. The van der Waals surface area contributed by atoms with Crippen LogP contribution in [0.3, 0.4) is 0 Å². The molecule has 0 saturated heterocycles.